The van der Waals surface area contributed by atoms with Crippen LogP contribution in [0.15, 0.2) is 54.6 Å². The summed E-state index contributed by atoms with van der Waals surface area (Å²) < 4.78 is 0. The molecule has 3 heterocycles. The fraction of sp³-hybridized carbons (Fsp3) is 0.455. The van der Waals surface area contributed by atoms with E-state index >= 15 is 0 Å². The summed E-state index contributed by atoms with van der Waals surface area (Å²) in [5, 5.41) is 11.8. The van der Waals surface area contributed by atoms with Gasteiger partial charge in [-0.25, -0.2) is 0 Å². The molecule has 3 fully saturated rings. The van der Waals surface area contributed by atoms with E-state index in [1.165, 1.54) is 30.4 Å². The Labute approximate surface area is 144 Å². The summed E-state index contributed by atoms with van der Waals surface area (Å²) in [5.74, 6) is 0.772. The average molecular weight is 319 g/mol. The van der Waals surface area contributed by atoms with Crippen LogP contribution in [-0.2, 0) is 5.60 Å². The van der Waals surface area contributed by atoms with Crippen LogP contribution < -0.4 is 0 Å². The van der Waals surface area contributed by atoms with Gasteiger partial charge in [0.25, 0.3) is 0 Å². The van der Waals surface area contributed by atoms with Crippen molar-refractivity contribution in [2.24, 2.45) is 5.92 Å². The van der Waals surface area contributed by atoms with Crippen molar-refractivity contribution >= 4 is 0 Å². The molecule has 3 saturated heterocycles. The molecule has 2 nitrogen and oxygen atoms in total. The van der Waals surface area contributed by atoms with Crippen LogP contribution in [0, 0.1) is 12.8 Å². The Balaban J connectivity index is 1.61. The molecule has 0 radical (unpaired) electrons. The van der Waals surface area contributed by atoms with E-state index in [0.717, 1.165) is 12.1 Å². The van der Waals surface area contributed by atoms with Crippen molar-refractivity contribution in [1.29, 1.82) is 0 Å². The first-order valence-electron chi connectivity index (χ1n) is 9.27. The number of rotatable bonds is 2. The summed E-state index contributed by atoms with van der Waals surface area (Å²) in [4.78, 5) is 2.61. The molecule has 1 N–H and O–H groups in total. The Morgan fingerprint density at radius 1 is 1.00 bits per heavy atom. The van der Waals surface area contributed by atoms with Gasteiger partial charge in [-0.3, -0.25) is 4.90 Å². The molecular weight excluding hydrogens is 294 g/mol. The number of benzene rings is 2. The maximum atomic E-state index is 11.8. The van der Waals surface area contributed by atoms with Gasteiger partial charge in [0.2, 0.25) is 0 Å². The van der Waals surface area contributed by atoms with Crippen molar-refractivity contribution in [2.75, 3.05) is 6.54 Å². The number of nitrogens with zero attached hydrogens (tertiary/aromatic N) is 1. The lowest BCUT2D eigenvalue weighted by atomic mass is 9.69. The van der Waals surface area contributed by atoms with E-state index in [0.29, 0.717) is 23.9 Å². The number of piperidine rings is 1. The maximum absolute atomic E-state index is 11.8. The van der Waals surface area contributed by atoms with Crippen molar-refractivity contribution in [2.45, 2.75) is 49.8 Å². The zero-order valence-corrected chi connectivity index (χ0v) is 14.2. The molecule has 124 valence electrons. The van der Waals surface area contributed by atoms with E-state index in [4.69, 9.17) is 0 Å². The van der Waals surface area contributed by atoms with Crippen molar-refractivity contribution in [3.8, 4) is 0 Å². The van der Waals surface area contributed by atoms with Gasteiger partial charge >= 0.3 is 0 Å². The smallest absolute Gasteiger partial charge is 0.107 e. The van der Waals surface area contributed by atoms with Crippen molar-refractivity contribution < 1.29 is 5.11 Å². The molecule has 4 bridgehead atoms. The number of hydrogen-bond donors (Lipinski definition) is 1. The highest BCUT2D eigenvalue weighted by Crippen LogP contribution is 2.58. The summed E-state index contributed by atoms with van der Waals surface area (Å²) in [6, 6.07) is 20.6. The first-order valence-corrected chi connectivity index (χ1v) is 9.27. The Morgan fingerprint density at radius 3 is 2.50 bits per heavy atom. The average Bonchev–Trinajstić information content (AvgIpc) is 2.98. The summed E-state index contributed by atoms with van der Waals surface area (Å²) in [7, 11) is 0. The molecule has 2 heteroatoms. The minimum absolute atomic E-state index is 0.307. The molecule has 2 aromatic rings. The SMILES string of the molecule is Cc1ccc(C2CC3CCC4C2[C@@](O)(c2ccccc2)CN34)cc1. The van der Waals surface area contributed by atoms with E-state index in [9.17, 15) is 5.11 Å². The van der Waals surface area contributed by atoms with Crippen LogP contribution in [-0.4, -0.2) is 28.6 Å². The second kappa shape index (κ2) is 5.18. The van der Waals surface area contributed by atoms with E-state index in [-0.39, 0.29) is 0 Å². The molecule has 3 aliphatic heterocycles. The van der Waals surface area contributed by atoms with Gasteiger partial charge in [-0.1, -0.05) is 60.2 Å². The standard InChI is InChI=1S/C22H25NO/c1-15-7-9-16(10-8-15)19-13-18-11-12-20-21(19)22(24,14-23(18)20)17-5-3-2-4-6-17/h2-10,18-21,24H,11-14H2,1H3/t18?,19?,20?,21?,22-/m0/s1. The fourth-order valence-corrected chi connectivity index (χ4v) is 5.76. The van der Waals surface area contributed by atoms with Crippen molar-refractivity contribution in [3.05, 3.63) is 71.3 Å². The van der Waals surface area contributed by atoms with Gasteiger partial charge in [0, 0.05) is 24.5 Å². The highest BCUT2D eigenvalue weighted by molar-refractivity contribution is 5.35. The third-order valence-corrected chi connectivity index (χ3v) is 6.82. The maximum Gasteiger partial charge on any atom is 0.107 e. The Hall–Kier alpha value is -1.64. The summed E-state index contributed by atoms with van der Waals surface area (Å²) >= 11 is 0. The zero-order chi connectivity index (χ0) is 16.3. The van der Waals surface area contributed by atoms with Crippen LogP contribution >= 0.6 is 0 Å². The van der Waals surface area contributed by atoms with Gasteiger partial charge in [-0.15, -0.1) is 0 Å². The highest BCUT2D eigenvalue weighted by Gasteiger charge is 2.62. The third kappa shape index (κ3) is 1.96. The van der Waals surface area contributed by atoms with E-state index in [2.05, 4.69) is 60.4 Å². The van der Waals surface area contributed by atoms with Gasteiger partial charge < -0.3 is 5.11 Å². The molecule has 2 aromatic carbocycles. The van der Waals surface area contributed by atoms with Crippen LogP contribution in [0.2, 0.25) is 0 Å². The fourth-order valence-electron chi connectivity index (χ4n) is 5.76. The van der Waals surface area contributed by atoms with Gasteiger partial charge in [0.15, 0.2) is 0 Å². The molecule has 24 heavy (non-hydrogen) atoms. The Kier molecular flexibility index (Phi) is 3.17. The highest BCUT2D eigenvalue weighted by atomic mass is 16.3. The predicted molar refractivity (Wildman–Crippen MR) is 95.9 cm³/mol. The number of hydrogen-bond acceptors (Lipinski definition) is 2. The molecule has 0 spiro atoms. The quantitative estimate of drug-likeness (QED) is 0.909. The van der Waals surface area contributed by atoms with Crippen LogP contribution in [0.3, 0.4) is 0 Å². The normalized spacial score (nSPS) is 40.0. The van der Waals surface area contributed by atoms with Crippen molar-refractivity contribution in [1.82, 2.24) is 4.90 Å². The van der Waals surface area contributed by atoms with Gasteiger partial charge in [-0.2, -0.15) is 0 Å². The minimum atomic E-state index is -0.712. The van der Waals surface area contributed by atoms with Gasteiger partial charge in [0.1, 0.15) is 5.60 Å². The molecule has 5 rings (SSSR count). The molecule has 0 saturated carbocycles. The molecule has 5 unspecified atom stereocenters. The minimum Gasteiger partial charge on any atom is -0.383 e. The lowest BCUT2D eigenvalue weighted by molar-refractivity contribution is -0.00438. The molecule has 0 aliphatic carbocycles. The largest absolute Gasteiger partial charge is 0.383 e. The Morgan fingerprint density at radius 2 is 1.75 bits per heavy atom. The van der Waals surface area contributed by atoms with Gasteiger partial charge in [0.05, 0.1) is 0 Å². The summed E-state index contributed by atoms with van der Waals surface area (Å²) in [6.45, 7) is 2.95. The zero-order valence-electron chi connectivity index (χ0n) is 14.2. The van der Waals surface area contributed by atoms with Gasteiger partial charge in [-0.05, 0) is 43.2 Å². The Bertz CT molecular complexity index is 740. The second-order valence-electron chi connectivity index (χ2n) is 8.04. The summed E-state index contributed by atoms with van der Waals surface area (Å²) in [5.41, 5.74) is 3.11. The van der Waals surface area contributed by atoms with Crippen LogP contribution in [0.5, 0.6) is 0 Å². The van der Waals surface area contributed by atoms with Crippen LogP contribution in [0.4, 0.5) is 0 Å². The molecule has 3 aliphatic rings. The molecular formula is C22H25NO. The van der Waals surface area contributed by atoms with E-state index in [1.807, 2.05) is 6.07 Å². The lowest BCUT2D eigenvalue weighted by Gasteiger charge is -2.40. The summed E-state index contributed by atoms with van der Waals surface area (Å²) in [6.07, 6.45) is 3.74. The van der Waals surface area contributed by atoms with E-state index in [1.54, 1.807) is 0 Å². The van der Waals surface area contributed by atoms with Crippen molar-refractivity contribution in [3.63, 3.8) is 0 Å². The first kappa shape index (κ1) is 14.7. The lowest BCUT2D eigenvalue weighted by Crippen LogP contribution is -2.42. The molecule has 0 aromatic heterocycles. The number of aryl methyl sites for hydroxylation is 1. The third-order valence-electron chi connectivity index (χ3n) is 6.82. The van der Waals surface area contributed by atoms with E-state index < -0.39 is 5.60 Å². The molecule has 6 atom stereocenters. The topological polar surface area (TPSA) is 23.5 Å². The van der Waals surface area contributed by atoms with Crippen LogP contribution in [0.1, 0.15) is 41.9 Å². The number of aliphatic hydroxyl groups is 1. The molecule has 0 amide bonds. The predicted octanol–water partition coefficient (Wildman–Crippen LogP) is 3.83. The first-order chi connectivity index (χ1) is 11.7. The van der Waals surface area contributed by atoms with Crippen LogP contribution in [0.25, 0.3) is 0 Å². The monoisotopic (exact) mass is 319 g/mol. The second-order valence-corrected chi connectivity index (χ2v) is 8.04.